The van der Waals surface area contributed by atoms with Crippen LogP contribution in [0, 0.1) is 12.8 Å². The van der Waals surface area contributed by atoms with E-state index >= 15 is 0 Å². The van der Waals surface area contributed by atoms with Crippen LogP contribution in [0.15, 0.2) is 48.3 Å². The van der Waals surface area contributed by atoms with Gasteiger partial charge in [-0.2, -0.15) is 0 Å². The van der Waals surface area contributed by atoms with Crippen LogP contribution in [-0.4, -0.2) is 35.5 Å². The number of anilines is 1. The van der Waals surface area contributed by atoms with E-state index < -0.39 is 0 Å². The molecule has 30 heavy (non-hydrogen) atoms. The Labute approximate surface area is 179 Å². The zero-order chi connectivity index (χ0) is 20.8. The topological polar surface area (TPSA) is 58.1 Å². The molecule has 1 saturated heterocycles. The van der Waals surface area contributed by atoms with Crippen molar-refractivity contribution < 1.29 is 4.79 Å². The van der Waals surface area contributed by atoms with Crippen LogP contribution in [0.5, 0.6) is 0 Å². The van der Waals surface area contributed by atoms with Gasteiger partial charge in [-0.15, -0.1) is 0 Å². The number of nitrogens with zero attached hydrogens (tertiary/aromatic N) is 3. The van der Waals surface area contributed by atoms with E-state index in [4.69, 9.17) is 0 Å². The monoisotopic (exact) mass is 404 g/mol. The zero-order valence-corrected chi connectivity index (χ0v) is 17.9. The Morgan fingerprint density at radius 3 is 2.67 bits per heavy atom. The number of carbonyl (C=O) groups is 1. The Morgan fingerprint density at radius 2 is 1.93 bits per heavy atom. The molecular formula is C25H32N4O. The Bertz CT molecular complexity index is 882. The Kier molecular flexibility index (Phi) is 6.77. The highest BCUT2D eigenvalue weighted by Gasteiger charge is 2.25. The summed E-state index contributed by atoms with van der Waals surface area (Å²) in [5, 5.41) is 3.17. The highest BCUT2D eigenvalue weighted by atomic mass is 16.1. The number of amides is 1. The maximum Gasteiger partial charge on any atom is 0.223 e. The van der Waals surface area contributed by atoms with E-state index in [0.717, 1.165) is 56.0 Å². The molecular weight excluding hydrogens is 372 g/mol. The van der Waals surface area contributed by atoms with Crippen molar-refractivity contribution in [3.63, 3.8) is 0 Å². The molecule has 1 aromatic heterocycles. The van der Waals surface area contributed by atoms with Gasteiger partial charge in [-0.3, -0.25) is 4.79 Å². The third-order valence-electron chi connectivity index (χ3n) is 6.32. The van der Waals surface area contributed by atoms with Gasteiger partial charge in [0.2, 0.25) is 5.91 Å². The van der Waals surface area contributed by atoms with Gasteiger partial charge in [0.15, 0.2) is 0 Å². The maximum atomic E-state index is 12.6. The average Bonchev–Trinajstić information content (AvgIpc) is 2.80. The minimum absolute atomic E-state index is 0.111. The first-order valence-electron chi connectivity index (χ1n) is 11.3. The molecule has 5 nitrogen and oxygen atoms in total. The van der Waals surface area contributed by atoms with E-state index in [1.807, 2.05) is 0 Å². The van der Waals surface area contributed by atoms with E-state index in [1.165, 1.54) is 36.8 Å². The van der Waals surface area contributed by atoms with Crippen molar-refractivity contribution in [2.24, 2.45) is 5.92 Å². The van der Waals surface area contributed by atoms with E-state index in [-0.39, 0.29) is 11.8 Å². The third kappa shape index (κ3) is 5.26. The lowest BCUT2D eigenvalue weighted by Gasteiger charge is -2.32. The fraction of sp³-hybridized carbons (Fsp3) is 0.480. The molecule has 0 bridgehead atoms. The van der Waals surface area contributed by atoms with Gasteiger partial charge in [0.25, 0.3) is 0 Å². The van der Waals surface area contributed by atoms with Crippen LogP contribution in [-0.2, 0) is 4.79 Å². The minimum Gasteiger partial charge on any atom is -0.356 e. The number of hydrogen-bond donors (Lipinski definition) is 1. The number of allylic oxidation sites excluding steroid dienone is 1. The van der Waals surface area contributed by atoms with Gasteiger partial charge < -0.3 is 10.2 Å². The number of hydrogen-bond acceptors (Lipinski definition) is 4. The molecule has 2 aliphatic rings. The van der Waals surface area contributed by atoms with E-state index in [1.54, 1.807) is 6.33 Å². The lowest BCUT2D eigenvalue weighted by atomic mass is 9.95. The highest BCUT2D eigenvalue weighted by molar-refractivity contribution is 5.79. The van der Waals surface area contributed by atoms with Crippen molar-refractivity contribution in [2.45, 2.75) is 51.9 Å². The van der Waals surface area contributed by atoms with Gasteiger partial charge >= 0.3 is 0 Å². The van der Waals surface area contributed by atoms with Gasteiger partial charge in [0.1, 0.15) is 12.1 Å². The third-order valence-corrected chi connectivity index (χ3v) is 6.32. The Balaban J connectivity index is 1.28. The second kappa shape index (κ2) is 9.88. The van der Waals surface area contributed by atoms with Gasteiger partial charge in [-0.25, -0.2) is 9.97 Å². The number of rotatable bonds is 6. The molecule has 1 aromatic carbocycles. The highest BCUT2D eigenvalue weighted by Crippen LogP contribution is 2.25. The number of piperidine rings is 1. The summed E-state index contributed by atoms with van der Waals surface area (Å²) in [6.45, 7) is 4.57. The molecule has 1 fully saturated rings. The maximum absolute atomic E-state index is 12.6. The number of aryl methyl sites for hydroxylation is 1. The lowest BCUT2D eigenvalue weighted by Crippen LogP contribution is -2.41. The van der Waals surface area contributed by atoms with E-state index in [0.29, 0.717) is 0 Å². The second-order valence-corrected chi connectivity index (χ2v) is 8.54. The van der Waals surface area contributed by atoms with Crippen LogP contribution in [0.1, 0.15) is 50.5 Å². The van der Waals surface area contributed by atoms with Gasteiger partial charge in [-0.05, 0) is 51.9 Å². The SMILES string of the molecule is Cc1ccc(-c2cc(N3CCC(C(=O)NCCC4=CCCCC4)CC3)ncn2)cc1. The number of benzene rings is 1. The summed E-state index contributed by atoms with van der Waals surface area (Å²) in [6.07, 6.45) is 11.8. The molecule has 1 N–H and O–H groups in total. The molecule has 4 rings (SSSR count). The molecule has 1 aliphatic heterocycles. The quantitative estimate of drug-likeness (QED) is 0.711. The summed E-state index contributed by atoms with van der Waals surface area (Å²) in [4.78, 5) is 23.8. The van der Waals surface area contributed by atoms with E-state index in [2.05, 4.69) is 63.5 Å². The predicted octanol–water partition coefficient (Wildman–Crippen LogP) is 4.68. The van der Waals surface area contributed by atoms with Crippen LogP contribution < -0.4 is 10.2 Å². The molecule has 0 spiro atoms. The van der Waals surface area contributed by atoms with Crippen molar-refractivity contribution in [2.75, 3.05) is 24.5 Å². The predicted molar refractivity (Wildman–Crippen MR) is 121 cm³/mol. The van der Waals surface area contributed by atoms with Gasteiger partial charge in [0.05, 0.1) is 5.69 Å². The first kappa shape index (κ1) is 20.6. The van der Waals surface area contributed by atoms with Crippen molar-refractivity contribution in [1.29, 1.82) is 0 Å². The van der Waals surface area contributed by atoms with Crippen molar-refractivity contribution in [1.82, 2.24) is 15.3 Å². The Hall–Kier alpha value is -2.69. The largest absolute Gasteiger partial charge is 0.356 e. The smallest absolute Gasteiger partial charge is 0.223 e. The molecule has 0 unspecified atom stereocenters. The van der Waals surface area contributed by atoms with Crippen LogP contribution in [0.3, 0.4) is 0 Å². The summed E-state index contributed by atoms with van der Waals surface area (Å²) in [5.41, 5.74) is 4.80. The van der Waals surface area contributed by atoms with Crippen LogP contribution >= 0.6 is 0 Å². The fourth-order valence-electron chi connectivity index (χ4n) is 4.40. The number of aromatic nitrogens is 2. The van der Waals surface area contributed by atoms with Crippen LogP contribution in [0.2, 0.25) is 0 Å². The molecule has 2 heterocycles. The standard InChI is InChI=1S/C25H32N4O/c1-19-7-9-21(10-8-19)23-17-24(28-18-27-23)29-15-12-22(13-16-29)25(30)26-14-11-20-5-3-2-4-6-20/h5,7-10,17-18,22H,2-4,6,11-16H2,1H3,(H,26,30). The average molecular weight is 405 g/mol. The first-order chi connectivity index (χ1) is 14.7. The van der Waals surface area contributed by atoms with Crippen molar-refractivity contribution >= 4 is 11.7 Å². The molecule has 2 aromatic rings. The van der Waals surface area contributed by atoms with E-state index in [9.17, 15) is 4.79 Å². The molecule has 5 heteroatoms. The van der Waals surface area contributed by atoms with Gasteiger partial charge in [0, 0.05) is 37.2 Å². The summed E-state index contributed by atoms with van der Waals surface area (Å²) < 4.78 is 0. The second-order valence-electron chi connectivity index (χ2n) is 8.54. The molecule has 1 aliphatic carbocycles. The van der Waals surface area contributed by atoms with Crippen molar-refractivity contribution in [3.8, 4) is 11.3 Å². The zero-order valence-electron chi connectivity index (χ0n) is 17.9. The molecule has 158 valence electrons. The normalized spacial score (nSPS) is 17.5. The molecule has 1 amide bonds. The molecule has 0 atom stereocenters. The van der Waals surface area contributed by atoms with Gasteiger partial charge in [-0.1, -0.05) is 41.5 Å². The first-order valence-corrected chi connectivity index (χ1v) is 11.3. The number of carbonyl (C=O) groups excluding carboxylic acids is 1. The molecule has 0 saturated carbocycles. The minimum atomic E-state index is 0.111. The lowest BCUT2D eigenvalue weighted by molar-refractivity contribution is -0.125. The Morgan fingerprint density at radius 1 is 1.13 bits per heavy atom. The summed E-state index contributed by atoms with van der Waals surface area (Å²) in [7, 11) is 0. The summed E-state index contributed by atoms with van der Waals surface area (Å²) >= 11 is 0. The molecule has 0 radical (unpaired) electrons. The summed E-state index contributed by atoms with van der Waals surface area (Å²) in [6, 6.07) is 10.5. The number of nitrogens with one attached hydrogen (secondary N) is 1. The van der Waals surface area contributed by atoms with Crippen molar-refractivity contribution in [3.05, 3.63) is 53.9 Å². The fourth-order valence-corrected chi connectivity index (χ4v) is 4.40. The van der Waals surface area contributed by atoms with Crippen LogP contribution in [0.4, 0.5) is 5.82 Å². The van der Waals surface area contributed by atoms with Crippen LogP contribution in [0.25, 0.3) is 11.3 Å². The summed E-state index contributed by atoms with van der Waals surface area (Å²) in [5.74, 6) is 1.28.